The Morgan fingerprint density at radius 1 is 1.27 bits per heavy atom. The summed E-state index contributed by atoms with van der Waals surface area (Å²) in [5.74, 6) is 1.90. The average Bonchev–Trinajstić information content (AvgIpc) is 3.24. The normalized spacial score (nSPS) is 30.5. The molecule has 0 aromatic carbocycles. The van der Waals surface area contributed by atoms with Gasteiger partial charge >= 0.3 is 6.03 Å². The number of fused-ring (bicyclic) bond motifs is 1. The number of aromatic nitrogens is 1. The van der Waals surface area contributed by atoms with E-state index in [0.29, 0.717) is 11.7 Å². The van der Waals surface area contributed by atoms with Gasteiger partial charge in [0.15, 0.2) is 0 Å². The zero-order valence-corrected chi connectivity index (χ0v) is 18.4. The smallest absolute Gasteiger partial charge is 0.315 e. The second-order valence-corrected chi connectivity index (χ2v) is 9.76. The lowest BCUT2D eigenvalue weighted by molar-refractivity contribution is -0.116. The van der Waals surface area contributed by atoms with Gasteiger partial charge in [0.25, 0.3) is 0 Å². The van der Waals surface area contributed by atoms with Crippen molar-refractivity contribution in [1.82, 2.24) is 15.6 Å². The van der Waals surface area contributed by atoms with Gasteiger partial charge < -0.3 is 25.6 Å². The van der Waals surface area contributed by atoms with Gasteiger partial charge in [-0.15, -0.1) is 0 Å². The van der Waals surface area contributed by atoms with Gasteiger partial charge in [0.1, 0.15) is 5.82 Å². The topological polar surface area (TPSA) is 95.6 Å². The number of urea groups is 1. The summed E-state index contributed by atoms with van der Waals surface area (Å²) < 4.78 is 5.77. The second-order valence-electron chi connectivity index (χ2n) is 8.48. The van der Waals surface area contributed by atoms with Crippen LogP contribution in [0.25, 0.3) is 0 Å². The average molecular weight is 434 g/mol. The van der Waals surface area contributed by atoms with Crippen LogP contribution in [0.15, 0.2) is 18.3 Å². The Labute approximate surface area is 181 Å². The highest BCUT2D eigenvalue weighted by Crippen LogP contribution is 2.33. The molecule has 8 nitrogen and oxygen atoms in total. The summed E-state index contributed by atoms with van der Waals surface area (Å²) in [4.78, 5) is 30.4. The molecule has 3 aliphatic rings. The summed E-state index contributed by atoms with van der Waals surface area (Å²) in [6.07, 6.45) is 5.44. The van der Waals surface area contributed by atoms with E-state index < -0.39 is 0 Å². The largest absolute Gasteiger partial charge is 0.372 e. The molecule has 0 aliphatic carbocycles. The second kappa shape index (κ2) is 9.43. The first-order chi connectivity index (χ1) is 14.5. The first-order valence-electron chi connectivity index (χ1n) is 10.8. The monoisotopic (exact) mass is 433 g/mol. The number of ether oxygens (including phenoxy) is 1. The fourth-order valence-electron chi connectivity index (χ4n) is 4.51. The number of nitrogens with one attached hydrogen (secondary N) is 3. The van der Waals surface area contributed by atoms with E-state index >= 15 is 0 Å². The number of hydrogen-bond acceptors (Lipinski definition) is 6. The number of pyridine rings is 1. The van der Waals surface area contributed by atoms with Crippen molar-refractivity contribution in [3.05, 3.63) is 18.3 Å². The molecule has 164 valence electrons. The van der Waals surface area contributed by atoms with Crippen LogP contribution in [0.1, 0.15) is 39.5 Å². The van der Waals surface area contributed by atoms with Crippen molar-refractivity contribution in [3.63, 3.8) is 0 Å². The first-order valence-corrected chi connectivity index (χ1v) is 11.9. The molecule has 3 aliphatic heterocycles. The van der Waals surface area contributed by atoms with Gasteiger partial charge in [0, 0.05) is 30.5 Å². The Morgan fingerprint density at radius 3 is 2.80 bits per heavy atom. The third kappa shape index (κ3) is 5.18. The van der Waals surface area contributed by atoms with Crippen molar-refractivity contribution in [2.45, 2.75) is 69.1 Å². The summed E-state index contributed by atoms with van der Waals surface area (Å²) in [5.41, 5.74) is 0.729. The zero-order valence-electron chi connectivity index (χ0n) is 17.6. The van der Waals surface area contributed by atoms with E-state index in [1.165, 1.54) is 0 Å². The Balaban J connectivity index is 1.17. The lowest BCUT2D eigenvalue weighted by atomic mass is 10.0. The van der Waals surface area contributed by atoms with Crippen LogP contribution in [0, 0.1) is 0 Å². The predicted octanol–water partition coefficient (Wildman–Crippen LogP) is 2.36. The van der Waals surface area contributed by atoms with Gasteiger partial charge in [0.2, 0.25) is 5.91 Å². The van der Waals surface area contributed by atoms with E-state index in [4.69, 9.17) is 4.74 Å². The van der Waals surface area contributed by atoms with Crippen molar-refractivity contribution >= 4 is 35.2 Å². The molecular formula is C21H31N5O3S. The van der Waals surface area contributed by atoms with E-state index in [1.54, 1.807) is 6.20 Å². The molecule has 5 atom stereocenters. The first kappa shape index (κ1) is 21.2. The molecule has 3 N–H and O–H groups in total. The molecule has 0 spiro atoms. The minimum atomic E-state index is -0.0491. The molecule has 1 aromatic rings. The zero-order chi connectivity index (χ0) is 21.1. The van der Waals surface area contributed by atoms with Crippen molar-refractivity contribution in [2.75, 3.05) is 29.1 Å². The van der Waals surface area contributed by atoms with Crippen LogP contribution in [-0.4, -0.2) is 65.3 Å². The molecule has 1 aromatic heterocycles. The quantitative estimate of drug-likeness (QED) is 0.451. The summed E-state index contributed by atoms with van der Waals surface area (Å²) in [6.45, 7) is 5.79. The number of rotatable bonds is 7. The maximum Gasteiger partial charge on any atom is 0.315 e. The molecule has 0 bridgehead atoms. The van der Waals surface area contributed by atoms with Gasteiger partial charge in [-0.05, 0) is 38.8 Å². The minimum Gasteiger partial charge on any atom is -0.372 e. The number of anilines is 2. The van der Waals surface area contributed by atoms with E-state index in [0.717, 1.165) is 49.6 Å². The maximum absolute atomic E-state index is 12.3. The van der Waals surface area contributed by atoms with Crippen LogP contribution >= 0.6 is 11.8 Å². The maximum atomic E-state index is 12.3. The highest BCUT2D eigenvalue weighted by atomic mass is 32.2. The van der Waals surface area contributed by atoms with E-state index in [-0.39, 0.29) is 36.2 Å². The Bertz CT molecular complexity index is 752. The number of amides is 3. The number of morpholine rings is 1. The van der Waals surface area contributed by atoms with E-state index in [9.17, 15) is 9.59 Å². The number of carbonyl (C=O) groups excluding carboxylic acids is 2. The summed E-state index contributed by atoms with van der Waals surface area (Å²) in [5, 5.41) is 9.36. The molecule has 30 heavy (non-hydrogen) atoms. The molecule has 3 saturated heterocycles. The molecule has 4 heterocycles. The minimum absolute atomic E-state index is 0.0194. The van der Waals surface area contributed by atoms with Crippen LogP contribution in [0.5, 0.6) is 0 Å². The predicted molar refractivity (Wildman–Crippen MR) is 119 cm³/mol. The fourth-order valence-corrected chi connectivity index (χ4v) is 6.05. The van der Waals surface area contributed by atoms with Crippen molar-refractivity contribution in [1.29, 1.82) is 0 Å². The standard InChI is InChI=1S/C21H31N5O3S/c1-13-10-26(11-14(2)29-13)18-8-7-15(9-22-18)23-19(27)6-4-3-5-17-20-16(12-30-17)24-21(28)25-20/h7-9,13-14,16-17,20H,3-6,10-12H2,1-2H3,(H,23,27)(H2,24,25,28)/t13-,14-,16-,17-,20-/m0/s1. The Morgan fingerprint density at radius 2 is 2.07 bits per heavy atom. The lowest BCUT2D eigenvalue weighted by Crippen LogP contribution is -2.45. The third-order valence-electron chi connectivity index (χ3n) is 5.86. The molecule has 0 unspecified atom stereocenters. The van der Waals surface area contributed by atoms with Gasteiger partial charge in [-0.3, -0.25) is 4.79 Å². The van der Waals surface area contributed by atoms with E-state index in [2.05, 4.69) is 39.7 Å². The number of carbonyl (C=O) groups is 2. The van der Waals surface area contributed by atoms with Crippen LogP contribution in [0.3, 0.4) is 0 Å². The lowest BCUT2D eigenvalue weighted by Gasteiger charge is -2.36. The van der Waals surface area contributed by atoms with Crippen molar-refractivity contribution < 1.29 is 14.3 Å². The fraction of sp³-hybridized carbons (Fsp3) is 0.667. The Kier molecular flexibility index (Phi) is 6.67. The highest BCUT2D eigenvalue weighted by molar-refractivity contribution is 8.00. The number of unbranched alkanes of at least 4 members (excludes halogenated alkanes) is 1. The van der Waals surface area contributed by atoms with Gasteiger partial charge in [0.05, 0.1) is 36.2 Å². The van der Waals surface area contributed by atoms with Gasteiger partial charge in [-0.1, -0.05) is 6.42 Å². The van der Waals surface area contributed by atoms with Gasteiger partial charge in [-0.25, -0.2) is 9.78 Å². The van der Waals surface area contributed by atoms with Crippen LogP contribution < -0.4 is 20.9 Å². The molecule has 0 saturated carbocycles. The third-order valence-corrected chi connectivity index (χ3v) is 7.36. The Hall–Kier alpha value is -2.00. The molecule has 0 radical (unpaired) electrons. The molecule has 4 rings (SSSR count). The number of thioether (sulfide) groups is 1. The van der Waals surface area contributed by atoms with Crippen molar-refractivity contribution in [3.8, 4) is 0 Å². The summed E-state index contributed by atoms with van der Waals surface area (Å²) >= 11 is 1.91. The molecular weight excluding hydrogens is 402 g/mol. The number of hydrogen-bond donors (Lipinski definition) is 3. The summed E-state index contributed by atoms with van der Waals surface area (Å²) in [6, 6.07) is 4.31. The number of nitrogens with zero attached hydrogens (tertiary/aromatic N) is 2. The highest BCUT2D eigenvalue weighted by Gasteiger charge is 2.42. The molecule has 3 amide bonds. The SMILES string of the molecule is C[C@H]1CN(c2ccc(NC(=O)CCCC[C@@H]3SC[C@@H]4NC(=O)N[C@@H]43)cn2)C[C@H](C)O1. The van der Waals surface area contributed by atoms with Crippen LogP contribution in [-0.2, 0) is 9.53 Å². The van der Waals surface area contributed by atoms with Gasteiger partial charge in [-0.2, -0.15) is 11.8 Å². The van der Waals surface area contributed by atoms with E-state index in [1.807, 2.05) is 23.9 Å². The van der Waals surface area contributed by atoms with Crippen LogP contribution in [0.4, 0.5) is 16.3 Å². The van der Waals surface area contributed by atoms with Crippen LogP contribution in [0.2, 0.25) is 0 Å². The molecule has 9 heteroatoms. The summed E-state index contributed by atoms with van der Waals surface area (Å²) in [7, 11) is 0. The molecule has 3 fully saturated rings. The van der Waals surface area contributed by atoms with Crippen molar-refractivity contribution in [2.24, 2.45) is 0 Å².